The minimum atomic E-state index is 0.249. The summed E-state index contributed by atoms with van der Waals surface area (Å²) < 4.78 is 13.1. The number of aromatic amines is 1. The zero-order valence-corrected chi connectivity index (χ0v) is 16.7. The van der Waals surface area contributed by atoms with Crippen molar-refractivity contribution in [2.45, 2.75) is 19.9 Å². The van der Waals surface area contributed by atoms with E-state index in [0.29, 0.717) is 13.2 Å². The fraction of sp³-hybridized carbons (Fsp3) is 0.389. The van der Waals surface area contributed by atoms with Crippen molar-refractivity contribution in [1.82, 2.24) is 34.5 Å². The van der Waals surface area contributed by atoms with E-state index in [4.69, 9.17) is 9.72 Å². The molecule has 0 bridgehead atoms. The Morgan fingerprint density at radius 1 is 1.32 bits per heavy atom. The van der Waals surface area contributed by atoms with Crippen LogP contribution < -0.4 is 4.90 Å². The quantitative estimate of drug-likeness (QED) is 0.568. The first-order valence-corrected chi connectivity index (χ1v) is 9.91. The molecule has 0 amide bonds. The highest BCUT2D eigenvalue weighted by Crippen LogP contribution is 2.38. The number of hydrogen-bond donors (Lipinski definition) is 1. The summed E-state index contributed by atoms with van der Waals surface area (Å²) >= 11 is 1.43. The van der Waals surface area contributed by atoms with E-state index in [1.165, 1.54) is 11.5 Å². The van der Waals surface area contributed by atoms with E-state index < -0.39 is 0 Å². The van der Waals surface area contributed by atoms with E-state index in [9.17, 15) is 0 Å². The van der Waals surface area contributed by atoms with Gasteiger partial charge in [-0.25, -0.2) is 9.67 Å². The predicted octanol–water partition coefficient (Wildman–Crippen LogP) is 2.41. The van der Waals surface area contributed by atoms with Crippen LogP contribution in [0.15, 0.2) is 18.3 Å². The molecule has 1 fully saturated rings. The van der Waals surface area contributed by atoms with Crippen LogP contribution in [-0.2, 0) is 11.8 Å². The lowest BCUT2D eigenvalue weighted by molar-refractivity contribution is 0.0986. The van der Waals surface area contributed by atoms with Crippen molar-refractivity contribution in [2.75, 3.05) is 24.7 Å². The Morgan fingerprint density at radius 2 is 2.21 bits per heavy atom. The minimum absolute atomic E-state index is 0.249. The van der Waals surface area contributed by atoms with Crippen LogP contribution in [0, 0.1) is 6.92 Å². The molecule has 5 rings (SSSR count). The van der Waals surface area contributed by atoms with Gasteiger partial charge < -0.3 is 9.64 Å². The molecule has 28 heavy (non-hydrogen) atoms. The molecule has 0 saturated carbocycles. The Kier molecular flexibility index (Phi) is 4.09. The van der Waals surface area contributed by atoms with E-state index in [0.717, 1.165) is 50.9 Å². The zero-order chi connectivity index (χ0) is 19.3. The number of ether oxygens (including phenoxy) is 1. The Balaban J connectivity index is 1.75. The van der Waals surface area contributed by atoms with Gasteiger partial charge in [-0.1, -0.05) is 5.21 Å². The van der Waals surface area contributed by atoms with E-state index >= 15 is 0 Å². The fourth-order valence-electron chi connectivity index (χ4n) is 3.55. The zero-order valence-electron chi connectivity index (χ0n) is 15.9. The maximum Gasteiger partial charge on any atom is 0.131 e. The third-order valence-electron chi connectivity index (χ3n) is 5.01. The van der Waals surface area contributed by atoms with Crippen molar-refractivity contribution < 1.29 is 4.74 Å². The van der Waals surface area contributed by atoms with Crippen LogP contribution in [0.25, 0.3) is 32.9 Å². The topological polar surface area (TPSA) is 97.6 Å². The van der Waals surface area contributed by atoms with Crippen molar-refractivity contribution in [2.24, 2.45) is 7.05 Å². The van der Waals surface area contributed by atoms with Crippen molar-refractivity contribution in [3.8, 4) is 22.6 Å². The molecule has 1 atom stereocenters. The maximum absolute atomic E-state index is 5.61. The van der Waals surface area contributed by atoms with E-state index in [2.05, 4.69) is 42.8 Å². The SMILES string of the molecule is Cc1cc(-c2nsc3c(-c4cnnn4C)cc(N4CCOCC4C)nc23)n[nH]1. The van der Waals surface area contributed by atoms with Crippen LogP contribution >= 0.6 is 11.5 Å². The molecule has 4 aromatic heterocycles. The molecule has 0 aliphatic carbocycles. The first-order chi connectivity index (χ1) is 13.6. The molecular formula is C18H20N8OS. The standard InChI is InChI=1S/C18H20N8OS/c1-10-6-13(22-21-10)16-17-18(28-23-16)12(14-8-19-24-25(14)3)7-15(20-17)26-4-5-27-9-11(26)2/h6-8,11H,4-5,9H2,1-3H3,(H,21,22). The Bertz CT molecular complexity index is 1150. The van der Waals surface area contributed by atoms with Crippen LogP contribution in [0.5, 0.6) is 0 Å². The molecule has 10 heteroatoms. The minimum Gasteiger partial charge on any atom is -0.377 e. The molecule has 1 unspecified atom stereocenters. The molecule has 144 valence electrons. The van der Waals surface area contributed by atoms with Crippen LogP contribution in [0.2, 0.25) is 0 Å². The van der Waals surface area contributed by atoms with Crippen LogP contribution in [0.4, 0.5) is 5.82 Å². The Hall–Kier alpha value is -2.85. The Labute approximate surface area is 165 Å². The summed E-state index contributed by atoms with van der Waals surface area (Å²) in [6.45, 7) is 6.32. The molecule has 0 aromatic carbocycles. The number of fused-ring (bicyclic) bond motifs is 1. The smallest absolute Gasteiger partial charge is 0.131 e. The highest BCUT2D eigenvalue weighted by Gasteiger charge is 2.25. The molecule has 9 nitrogen and oxygen atoms in total. The third-order valence-corrected chi connectivity index (χ3v) is 5.88. The number of hydrogen-bond acceptors (Lipinski definition) is 8. The number of anilines is 1. The summed E-state index contributed by atoms with van der Waals surface area (Å²) in [7, 11) is 1.89. The summed E-state index contributed by atoms with van der Waals surface area (Å²) in [6.07, 6.45) is 1.78. The van der Waals surface area contributed by atoms with Crippen molar-refractivity contribution in [3.63, 3.8) is 0 Å². The second kappa shape index (κ2) is 6.64. The maximum atomic E-state index is 5.61. The number of morpholine rings is 1. The molecule has 5 heterocycles. The summed E-state index contributed by atoms with van der Waals surface area (Å²) in [4.78, 5) is 7.29. The molecular weight excluding hydrogens is 376 g/mol. The lowest BCUT2D eigenvalue weighted by Crippen LogP contribution is -2.44. The van der Waals surface area contributed by atoms with Gasteiger partial charge in [0.25, 0.3) is 0 Å². The highest BCUT2D eigenvalue weighted by atomic mass is 32.1. The van der Waals surface area contributed by atoms with Crippen molar-refractivity contribution in [1.29, 1.82) is 0 Å². The summed E-state index contributed by atoms with van der Waals surface area (Å²) in [5.74, 6) is 0.910. The van der Waals surface area contributed by atoms with Gasteiger partial charge in [0.05, 0.1) is 35.8 Å². The molecule has 1 aliphatic heterocycles. The average Bonchev–Trinajstić information content (AvgIpc) is 3.41. The first-order valence-electron chi connectivity index (χ1n) is 9.14. The van der Waals surface area contributed by atoms with Crippen molar-refractivity contribution >= 4 is 27.6 Å². The number of aromatic nitrogens is 7. The van der Waals surface area contributed by atoms with Gasteiger partial charge in [0, 0.05) is 24.8 Å². The van der Waals surface area contributed by atoms with Crippen LogP contribution in [0.3, 0.4) is 0 Å². The van der Waals surface area contributed by atoms with E-state index in [1.54, 1.807) is 10.9 Å². The molecule has 1 saturated heterocycles. The van der Waals surface area contributed by atoms with Gasteiger partial charge in [0.2, 0.25) is 0 Å². The largest absolute Gasteiger partial charge is 0.377 e. The number of rotatable bonds is 3. The van der Waals surface area contributed by atoms with Gasteiger partial charge in [0.15, 0.2) is 0 Å². The molecule has 1 N–H and O–H groups in total. The normalized spacial score (nSPS) is 17.5. The van der Waals surface area contributed by atoms with Crippen LogP contribution in [-0.4, -0.2) is 60.3 Å². The number of aryl methyl sites for hydroxylation is 2. The number of nitrogens with zero attached hydrogens (tertiary/aromatic N) is 7. The first kappa shape index (κ1) is 17.3. The summed E-state index contributed by atoms with van der Waals surface area (Å²) in [6, 6.07) is 4.35. The van der Waals surface area contributed by atoms with Crippen molar-refractivity contribution in [3.05, 3.63) is 24.0 Å². The third kappa shape index (κ3) is 2.76. The van der Waals surface area contributed by atoms with Gasteiger partial charge in [-0.3, -0.25) is 5.10 Å². The van der Waals surface area contributed by atoms with Gasteiger partial charge in [-0.15, -0.1) is 5.10 Å². The Morgan fingerprint density at radius 3 is 2.93 bits per heavy atom. The fourth-order valence-corrected chi connectivity index (χ4v) is 4.41. The lowest BCUT2D eigenvalue weighted by atomic mass is 10.1. The second-order valence-corrected chi connectivity index (χ2v) is 7.81. The second-order valence-electron chi connectivity index (χ2n) is 7.03. The van der Waals surface area contributed by atoms with Gasteiger partial charge >= 0.3 is 0 Å². The van der Waals surface area contributed by atoms with E-state index in [1.807, 2.05) is 20.0 Å². The number of nitrogens with one attached hydrogen (secondary N) is 1. The summed E-state index contributed by atoms with van der Waals surface area (Å²) in [5.41, 5.74) is 5.40. The van der Waals surface area contributed by atoms with Gasteiger partial charge in [-0.2, -0.15) is 9.47 Å². The molecule has 0 spiro atoms. The molecule has 4 aromatic rings. The molecule has 1 aliphatic rings. The van der Waals surface area contributed by atoms with Crippen LogP contribution in [0.1, 0.15) is 12.6 Å². The monoisotopic (exact) mass is 396 g/mol. The number of H-pyrrole nitrogens is 1. The number of pyridine rings is 1. The highest BCUT2D eigenvalue weighted by molar-refractivity contribution is 7.14. The predicted molar refractivity (Wildman–Crippen MR) is 107 cm³/mol. The van der Waals surface area contributed by atoms with Gasteiger partial charge in [0.1, 0.15) is 22.7 Å². The lowest BCUT2D eigenvalue weighted by Gasteiger charge is -2.34. The summed E-state index contributed by atoms with van der Waals surface area (Å²) in [5, 5.41) is 15.5. The van der Waals surface area contributed by atoms with E-state index in [-0.39, 0.29) is 6.04 Å². The van der Waals surface area contributed by atoms with Gasteiger partial charge in [-0.05, 0) is 37.5 Å². The molecule has 0 radical (unpaired) electrons. The average molecular weight is 396 g/mol.